The zero-order valence-electron chi connectivity index (χ0n) is 12.0. The number of carbonyl (C=O) groups is 1. The monoisotopic (exact) mass is 294 g/mol. The molecule has 1 aliphatic rings. The minimum absolute atomic E-state index is 0.169. The van der Waals surface area contributed by atoms with Crippen molar-refractivity contribution >= 4 is 11.7 Å². The summed E-state index contributed by atoms with van der Waals surface area (Å²) >= 11 is 0. The third-order valence-electron chi connectivity index (χ3n) is 3.17. The number of nitrogens with one attached hydrogen (secondary N) is 2. The molecule has 2 aromatic carbocycles. The van der Waals surface area contributed by atoms with Crippen LogP contribution in [0, 0.1) is 6.07 Å². The molecule has 1 aliphatic heterocycles. The summed E-state index contributed by atoms with van der Waals surface area (Å²) in [7, 11) is 0. The van der Waals surface area contributed by atoms with Gasteiger partial charge in [-0.05, 0) is 24.3 Å². The molecule has 5 heteroatoms. The van der Waals surface area contributed by atoms with E-state index in [1.54, 1.807) is 24.3 Å². The summed E-state index contributed by atoms with van der Waals surface area (Å²) in [5, 5.41) is 6.09. The summed E-state index contributed by atoms with van der Waals surface area (Å²) in [6.07, 6.45) is -0.845. The van der Waals surface area contributed by atoms with Crippen LogP contribution in [0.2, 0.25) is 0 Å². The molecule has 111 valence electrons. The Kier molecular flexibility index (Phi) is 4.34. The van der Waals surface area contributed by atoms with E-state index < -0.39 is 6.23 Å². The second-order valence-electron chi connectivity index (χ2n) is 4.77. The Labute approximate surface area is 129 Å². The summed E-state index contributed by atoms with van der Waals surface area (Å²) in [6, 6.07) is 19.1. The molecule has 3 rings (SSSR count). The number of aliphatic imine (C=N–C) groups is 1. The van der Waals surface area contributed by atoms with Gasteiger partial charge in [0.2, 0.25) is 12.0 Å². The third-order valence-corrected chi connectivity index (χ3v) is 3.17. The van der Waals surface area contributed by atoms with Crippen LogP contribution in [0.1, 0.15) is 10.4 Å². The van der Waals surface area contributed by atoms with E-state index in [2.05, 4.69) is 21.7 Å². The molecular formula is C17H16N3O2. The topological polar surface area (TPSA) is 62.7 Å². The molecule has 2 N–H and O–H groups in total. The van der Waals surface area contributed by atoms with Gasteiger partial charge in [0, 0.05) is 12.1 Å². The molecule has 0 aromatic heterocycles. The number of carbonyl (C=O) groups excluding carboxylic acids is 1. The first-order valence-corrected chi connectivity index (χ1v) is 7.10. The standard InChI is InChI=1S/C17H16N3O2/c21-15(13-7-3-1-4-8-13)16(20-17-18-11-12-19-17)22-14-9-5-2-6-10-14/h1-3,5-10,16H,11-12H2,(H2,18,19,20). The Morgan fingerprint density at radius 2 is 2.14 bits per heavy atom. The van der Waals surface area contributed by atoms with Crippen molar-refractivity contribution in [2.24, 2.45) is 4.99 Å². The molecule has 2 aromatic rings. The smallest absolute Gasteiger partial charge is 0.236 e. The largest absolute Gasteiger partial charge is 0.463 e. The molecule has 0 bridgehead atoms. The van der Waals surface area contributed by atoms with Crippen molar-refractivity contribution in [2.75, 3.05) is 13.1 Å². The lowest BCUT2D eigenvalue weighted by Crippen LogP contribution is -2.48. The van der Waals surface area contributed by atoms with Crippen LogP contribution in [0.25, 0.3) is 0 Å². The number of hydrogen-bond acceptors (Lipinski definition) is 5. The minimum atomic E-state index is -0.845. The number of hydrogen-bond donors (Lipinski definition) is 2. The van der Waals surface area contributed by atoms with Crippen LogP contribution in [0.15, 0.2) is 59.6 Å². The van der Waals surface area contributed by atoms with E-state index in [0.29, 0.717) is 23.8 Å². The van der Waals surface area contributed by atoms with E-state index in [0.717, 1.165) is 6.54 Å². The minimum Gasteiger partial charge on any atom is -0.463 e. The normalized spacial score (nSPS) is 14.6. The van der Waals surface area contributed by atoms with Crippen LogP contribution in [0.4, 0.5) is 0 Å². The second-order valence-corrected chi connectivity index (χ2v) is 4.77. The average molecular weight is 294 g/mol. The van der Waals surface area contributed by atoms with Gasteiger partial charge in [0.25, 0.3) is 0 Å². The Morgan fingerprint density at radius 1 is 1.27 bits per heavy atom. The molecule has 0 fully saturated rings. The highest BCUT2D eigenvalue weighted by atomic mass is 16.5. The fourth-order valence-electron chi connectivity index (χ4n) is 2.10. The first kappa shape index (κ1) is 14.1. The maximum Gasteiger partial charge on any atom is 0.236 e. The van der Waals surface area contributed by atoms with Crippen molar-refractivity contribution < 1.29 is 9.53 Å². The molecule has 1 heterocycles. The molecule has 0 aliphatic carbocycles. The highest BCUT2D eigenvalue weighted by Gasteiger charge is 2.24. The number of rotatable bonds is 5. The van der Waals surface area contributed by atoms with Gasteiger partial charge in [0.15, 0.2) is 5.96 Å². The van der Waals surface area contributed by atoms with Crippen LogP contribution in [0.5, 0.6) is 5.75 Å². The quantitative estimate of drug-likeness (QED) is 0.650. The molecule has 22 heavy (non-hydrogen) atoms. The average Bonchev–Trinajstić information content (AvgIpc) is 3.08. The van der Waals surface area contributed by atoms with Crippen LogP contribution in [0.3, 0.4) is 0 Å². The summed E-state index contributed by atoms with van der Waals surface area (Å²) in [5.41, 5.74) is 0.537. The number of para-hydroxylation sites is 1. The lowest BCUT2D eigenvalue weighted by molar-refractivity contribution is 0.0767. The van der Waals surface area contributed by atoms with Gasteiger partial charge in [0.05, 0.1) is 6.54 Å². The molecule has 1 unspecified atom stereocenters. The van der Waals surface area contributed by atoms with Gasteiger partial charge in [-0.2, -0.15) is 0 Å². The maximum atomic E-state index is 12.6. The van der Waals surface area contributed by atoms with Gasteiger partial charge in [-0.25, -0.2) is 0 Å². The number of benzene rings is 2. The Balaban J connectivity index is 1.80. The van der Waals surface area contributed by atoms with Gasteiger partial charge in [-0.1, -0.05) is 36.4 Å². The summed E-state index contributed by atoms with van der Waals surface area (Å²) in [4.78, 5) is 16.9. The van der Waals surface area contributed by atoms with Gasteiger partial charge in [0.1, 0.15) is 5.75 Å². The zero-order valence-corrected chi connectivity index (χ0v) is 12.0. The summed E-state index contributed by atoms with van der Waals surface area (Å²) in [5.74, 6) is 1.03. The Hall–Kier alpha value is -2.82. The van der Waals surface area contributed by atoms with Gasteiger partial charge in [-0.15, -0.1) is 0 Å². The van der Waals surface area contributed by atoms with E-state index in [4.69, 9.17) is 4.74 Å². The number of ketones is 1. The lowest BCUT2D eigenvalue weighted by Gasteiger charge is -2.20. The van der Waals surface area contributed by atoms with Crippen molar-refractivity contribution in [3.05, 3.63) is 66.2 Å². The molecule has 1 atom stereocenters. The van der Waals surface area contributed by atoms with Crippen LogP contribution in [-0.2, 0) is 0 Å². The van der Waals surface area contributed by atoms with E-state index >= 15 is 0 Å². The second kappa shape index (κ2) is 6.76. The SMILES string of the molecule is O=C(c1c[c]ccc1)C(NC1=NCCN1)Oc1ccccc1. The molecule has 1 radical (unpaired) electrons. The Morgan fingerprint density at radius 3 is 2.82 bits per heavy atom. The van der Waals surface area contributed by atoms with Gasteiger partial charge < -0.3 is 15.4 Å². The predicted molar refractivity (Wildman–Crippen MR) is 83.9 cm³/mol. The molecule has 0 amide bonds. The van der Waals surface area contributed by atoms with Crippen molar-refractivity contribution in [3.8, 4) is 5.75 Å². The highest BCUT2D eigenvalue weighted by molar-refractivity contribution is 6.01. The Bertz CT molecular complexity index is 656. The first-order valence-electron chi connectivity index (χ1n) is 7.10. The molecule has 0 saturated heterocycles. The van der Waals surface area contributed by atoms with E-state index in [9.17, 15) is 4.79 Å². The molecular weight excluding hydrogens is 278 g/mol. The van der Waals surface area contributed by atoms with Gasteiger partial charge >= 0.3 is 0 Å². The highest BCUT2D eigenvalue weighted by Crippen LogP contribution is 2.13. The molecule has 0 spiro atoms. The first-order chi connectivity index (χ1) is 10.8. The third kappa shape index (κ3) is 3.44. The van der Waals surface area contributed by atoms with Crippen molar-refractivity contribution in [1.29, 1.82) is 0 Å². The van der Waals surface area contributed by atoms with Crippen molar-refractivity contribution in [1.82, 2.24) is 10.6 Å². The van der Waals surface area contributed by atoms with Crippen molar-refractivity contribution in [2.45, 2.75) is 6.23 Å². The van der Waals surface area contributed by atoms with Crippen molar-refractivity contribution in [3.63, 3.8) is 0 Å². The van der Waals surface area contributed by atoms with Crippen LogP contribution in [-0.4, -0.2) is 31.1 Å². The van der Waals surface area contributed by atoms with E-state index in [-0.39, 0.29) is 5.78 Å². The fraction of sp³-hybridized carbons (Fsp3) is 0.176. The maximum absolute atomic E-state index is 12.6. The fourth-order valence-corrected chi connectivity index (χ4v) is 2.10. The summed E-state index contributed by atoms with van der Waals surface area (Å²) in [6.45, 7) is 1.45. The van der Waals surface area contributed by atoms with E-state index in [1.807, 2.05) is 30.3 Å². The number of nitrogens with zero attached hydrogens (tertiary/aromatic N) is 1. The summed E-state index contributed by atoms with van der Waals surface area (Å²) < 4.78 is 5.80. The number of ether oxygens (including phenoxy) is 1. The molecule has 5 nitrogen and oxygen atoms in total. The predicted octanol–water partition coefficient (Wildman–Crippen LogP) is 1.62. The van der Waals surface area contributed by atoms with Gasteiger partial charge in [-0.3, -0.25) is 9.79 Å². The molecule has 0 saturated carbocycles. The van der Waals surface area contributed by atoms with Crippen LogP contribution < -0.4 is 15.4 Å². The lowest BCUT2D eigenvalue weighted by atomic mass is 10.1. The zero-order chi connectivity index (χ0) is 15.2. The number of Topliss-reactive ketones (excluding diaryl/α,β-unsaturated/α-hetero) is 1. The van der Waals surface area contributed by atoms with E-state index in [1.165, 1.54) is 0 Å². The van der Waals surface area contributed by atoms with Crippen LogP contribution >= 0.6 is 0 Å². The number of guanidine groups is 1.